The molecule has 1 aromatic heterocycles. The number of hydrogen-bond donors (Lipinski definition) is 0. The first-order chi connectivity index (χ1) is 12.1. The predicted molar refractivity (Wildman–Crippen MR) is 102 cm³/mol. The maximum atomic E-state index is 12.0. The molecule has 26 heavy (non-hydrogen) atoms. The molecule has 5 nitrogen and oxygen atoms in total. The minimum atomic E-state index is -0.494. The smallest absolute Gasteiger partial charge is 0.329 e. The Labute approximate surface area is 156 Å². The van der Waals surface area contributed by atoms with Gasteiger partial charge in [-0.1, -0.05) is 20.3 Å². The standard InChI is InChI=1S/C20H30BNO4/c1-14-10-16(25-13-20(8-7-9-20)17(23)24-6)22-11-15(14)21-12-18(2,3)19(4,5)26-21/h10-11H,7-9,12-13H2,1-6H3. The first-order valence-corrected chi connectivity index (χ1v) is 9.46. The molecule has 3 rings (SSSR count). The van der Waals surface area contributed by atoms with E-state index in [4.69, 9.17) is 14.1 Å². The fourth-order valence-corrected chi connectivity index (χ4v) is 3.84. The highest BCUT2D eigenvalue weighted by atomic mass is 16.5. The van der Waals surface area contributed by atoms with Crippen molar-refractivity contribution in [2.75, 3.05) is 13.7 Å². The van der Waals surface area contributed by atoms with Gasteiger partial charge in [-0.25, -0.2) is 4.98 Å². The minimum Gasteiger partial charge on any atom is -0.476 e. The molecule has 0 spiro atoms. The van der Waals surface area contributed by atoms with Crippen LogP contribution in [0.5, 0.6) is 5.88 Å². The predicted octanol–water partition coefficient (Wildman–Crippen LogP) is 3.15. The average Bonchev–Trinajstić information content (AvgIpc) is 2.73. The van der Waals surface area contributed by atoms with Crippen molar-refractivity contribution in [3.63, 3.8) is 0 Å². The molecule has 1 saturated carbocycles. The third kappa shape index (κ3) is 3.24. The van der Waals surface area contributed by atoms with E-state index in [1.807, 2.05) is 12.3 Å². The topological polar surface area (TPSA) is 57.7 Å². The maximum absolute atomic E-state index is 12.0. The van der Waals surface area contributed by atoms with E-state index in [1.54, 1.807) is 0 Å². The second-order valence-electron chi connectivity index (χ2n) is 9.00. The van der Waals surface area contributed by atoms with Crippen LogP contribution in [0.4, 0.5) is 0 Å². The lowest BCUT2D eigenvalue weighted by molar-refractivity contribution is -0.161. The summed E-state index contributed by atoms with van der Waals surface area (Å²) in [6.45, 7) is 11.2. The SMILES string of the molecule is COC(=O)C1(COc2cc(C)c(B3CC(C)(C)C(C)(C)O3)cn2)CCC1. The Morgan fingerprint density at radius 2 is 2.00 bits per heavy atom. The van der Waals surface area contributed by atoms with Crippen LogP contribution in [-0.4, -0.2) is 37.2 Å². The number of nitrogens with zero attached hydrogens (tertiary/aromatic N) is 1. The summed E-state index contributed by atoms with van der Waals surface area (Å²) >= 11 is 0. The zero-order valence-corrected chi connectivity index (χ0v) is 16.8. The number of carbonyl (C=O) groups excluding carboxylic acids is 1. The van der Waals surface area contributed by atoms with Gasteiger partial charge in [-0.05, 0) is 56.4 Å². The highest BCUT2D eigenvalue weighted by Gasteiger charge is 2.50. The summed E-state index contributed by atoms with van der Waals surface area (Å²) < 4.78 is 17.1. The Bertz CT molecular complexity index is 681. The number of hydrogen-bond acceptors (Lipinski definition) is 5. The second-order valence-corrected chi connectivity index (χ2v) is 9.00. The van der Waals surface area contributed by atoms with Gasteiger partial charge in [0, 0.05) is 12.3 Å². The summed E-state index contributed by atoms with van der Waals surface area (Å²) in [5, 5.41) is 0. The largest absolute Gasteiger partial charge is 0.476 e. The molecule has 1 saturated heterocycles. The lowest BCUT2D eigenvalue weighted by Crippen LogP contribution is -2.44. The molecule has 1 aliphatic carbocycles. The summed E-state index contributed by atoms with van der Waals surface area (Å²) in [4.78, 5) is 16.5. The van der Waals surface area contributed by atoms with Gasteiger partial charge in [-0.3, -0.25) is 4.79 Å². The van der Waals surface area contributed by atoms with Gasteiger partial charge in [0.15, 0.2) is 0 Å². The molecule has 0 aromatic carbocycles. The van der Waals surface area contributed by atoms with Crippen LogP contribution in [0.15, 0.2) is 12.3 Å². The number of ether oxygens (including phenoxy) is 2. The first-order valence-electron chi connectivity index (χ1n) is 9.46. The minimum absolute atomic E-state index is 0.0505. The van der Waals surface area contributed by atoms with E-state index in [1.165, 1.54) is 7.11 Å². The maximum Gasteiger partial charge on any atom is 0.329 e. The van der Waals surface area contributed by atoms with Crippen molar-refractivity contribution in [1.29, 1.82) is 0 Å². The van der Waals surface area contributed by atoms with Crippen LogP contribution in [0.25, 0.3) is 0 Å². The summed E-state index contributed by atoms with van der Waals surface area (Å²) in [5.74, 6) is 0.374. The lowest BCUT2D eigenvalue weighted by Gasteiger charge is -2.38. The Morgan fingerprint density at radius 1 is 1.31 bits per heavy atom. The van der Waals surface area contributed by atoms with Crippen molar-refractivity contribution in [2.45, 2.75) is 65.8 Å². The van der Waals surface area contributed by atoms with E-state index in [9.17, 15) is 4.79 Å². The van der Waals surface area contributed by atoms with E-state index < -0.39 is 5.41 Å². The molecule has 2 fully saturated rings. The van der Waals surface area contributed by atoms with Crippen LogP contribution in [0, 0.1) is 17.8 Å². The van der Waals surface area contributed by atoms with Gasteiger partial charge in [0.2, 0.25) is 5.88 Å². The Hall–Kier alpha value is -1.56. The molecule has 142 valence electrons. The number of aromatic nitrogens is 1. The first kappa shape index (κ1) is 19.2. The van der Waals surface area contributed by atoms with Crippen LogP contribution < -0.4 is 10.2 Å². The summed E-state index contributed by atoms with van der Waals surface area (Å²) in [7, 11) is 1.43. The number of pyridine rings is 1. The number of esters is 1. The van der Waals surface area contributed by atoms with Gasteiger partial charge in [0.05, 0.1) is 12.7 Å². The number of rotatable bonds is 5. The normalized spacial score (nSPS) is 22.6. The molecule has 6 heteroatoms. The van der Waals surface area contributed by atoms with Crippen molar-refractivity contribution in [2.24, 2.45) is 10.8 Å². The highest BCUT2D eigenvalue weighted by Crippen LogP contribution is 2.45. The Morgan fingerprint density at radius 3 is 2.46 bits per heavy atom. The van der Waals surface area contributed by atoms with Gasteiger partial charge >= 0.3 is 12.9 Å². The van der Waals surface area contributed by atoms with E-state index in [0.717, 1.165) is 36.6 Å². The van der Waals surface area contributed by atoms with Gasteiger partial charge in [0.1, 0.15) is 12.0 Å². The van der Waals surface area contributed by atoms with Crippen LogP contribution >= 0.6 is 0 Å². The molecular weight excluding hydrogens is 329 g/mol. The van der Waals surface area contributed by atoms with Gasteiger partial charge in [-0.2, -0.15) is 0 Å². The molecule has 0 atom stereocenters. The van der Waals surface area contributed by atoms with Crippen LogP contribution in [0.2, 0.25) is 6.32 Å². The van der Waals surface area contributed by atoms with Gasteiger partial charge in [0.25, 0.3) is 0 Å². The molecule has 2 heterocycles. The molecule has 0 radical (unpaired) electrons. The molecule has 0 unspecified atom stereocenters. The number of carbonyl (C=O) groups is 1. The van der Waals surface area contributed by atoms with Crippen LogP contribution in [0.3, 0.4) is 0 Å². The van der Waals surface area contributed by atoms with Crippen molar-refractivity contribution < 1.29 is 18.9 Å². The second kappa shape index (κ2) is 6.56. The fraction of sp³-hybridized carbons (Fsp3) is 0.700. The van der Waals surface area contributed by atoms with Crippen molar-refractivity contribution in [3.8, 4) is 5.88 Å². The van der Waals surface area contributed by atoms with Gasteiger partial charge in [-0.15, -0.1) is 0 Å². The van der Waals surface area contributed by atoms with Crippen molar-refractivity contribution in [3.05, 3.63) is 17.8 Å². The molecule has 1 aliphatic heterocycles. The van der Waals surface area contributed by atoms with E-state index in [0.29, 0.717) is 12.5 Å². The summed E-state index contributed by atoms with van der Waals surface area (Å²) in [6.07, 6.45) is 5.49. The zero-order valence-electron chi connectivity index (χ0n) is 16.8. The summed E-state index contributed by atoms with van der Waals surface area (Å²) in [5.41, 5.74) is 1.66. The summed E-state index contributed by atoms with van der Waals surface area (Å²) in [6, 6.07) is 1.95. The third-order valence-corrected chi connectivity index (χ3v) is 6.66. The van der Waals surface area contributed by atoms with Crippen molar-refractivity contribution >= 4 is 18.3 Å². The third-order valence-electron chi connectivity index (χ3n) is 6.66. The van der Waals surface area contributed by atoms with Crippen molar-refractivity contribution in [1.82, 2.24) is 4.98 Å². The Balaban J connectivity index is 1.70. The average molecular weight is 359 g/mol. The lowest BCUT2D eigenvalue weighted by atomic mass is 9.53. The highest BCUT2D eigenvalue weighted by molar-refractivity contribution is 6.68. The van der Waals surface area contributed by atoms with E-state index in [2.05, 4.69) is 39.6 Å². The van der Waals surface area contributed by atoms with Crippen LogP contribution in [-0.2, 0) is 14.2 Å². The zero-order chi connectivity index (χ0) is 19.2. The molecule has 0 bridgehead atoms. The van der Waals surface area contributed by atoms with Crippen LogP contribution in [0.1, 0.15) is 52.5 Å². The molecule has 2 aliphatic rings. The Kier molecular flexibility index (Phi) is 4.84. The fourth-order valence-electron chi connectivity index (χ4n) is 3.84. The van der Waals surface area contributed by atoms with E-state index >= 15 is 0 Å². The van der Waals surface area contributed by atoms with E-state index in [-0.39, 0.29) is 23.9 Å². The molecule has 1 aromatic rings. The van der Waals surface area contributed by atoms with Gasteiger partial charge < -0.3 is 14.1 Å². The number of aryl methyl sites for hydroxylation is 1. The molecule has 0 N–H and O–H groups in total. The molecule has 0 amide bonds. The monoisotopic (exact) mass is 359 g/mol. The molecular formula is C20H30BNO4. The number of methoxy groups -OCH3 is 1. The quantitative estimate of drug-likeness (QED) is 0.597.